The lowest BCUT2D eigenvalue weighted by atomic mass is 9.92. The van der Waals surface area contributed by atoms with Crippen molar-refractivity contribution in [2.45, 2.75) is 83.0 Å². The van der Waals surface area contributed by atoms with E-state index in [4.69, 9.17) is 21.4 Å². The van der Waals surface area contributed by atoms with Crippen LogP contribution in [0.4, 0.5) is 0 Å². The fourth-order valence-corrected chi connectivity index (χ4v) is 7.19. The minimum atomic E-state index is -2.17. The minimum absolute atomic E-state index is 0.0360. The second-order valence-electron chi connectivity index (χ2n) is 11.7. The molecule has 1 aliphatic heterocycles. The van der Waals surface area contributed by atoms with Crippen LogP contribution >= 0.6 is 24.0 Å². The topological polar surface area (TPSA) is 72.9 Å². The number of hydrogen-bond acceptors (Lipinski definition) is 7. The standard InChI is InChI=1S/C25H39NO5S2Si2/c1-17(31-35(8,9)25(2,3)4)19-20(27)26(21(28)23(29)30-15-16-34(5,6)7)22(19)33-24(32)18-13-11-10-12-14-18/h10-14,17,19,22H,15-16H2,1-9H3/t17-,19+,22-/m1/s1. The van der Waals surface area contributed by atoms with E-state index in [0.29, 0.717) is 4.20 Å². The summed E-state index contributed by atoms with van der Waals surface area (Å²) in [5, 5.41) is -0.668. The van der Waals surface area contributed by atoms with Crippen LogP contribution in [0.3, 0.4) is 0 Å². The van der Waals surface area contributed by atoms with Gasteiger partial charge in [-0.05, 0) is 36.7 Å². The molecule has 0 aromatic heterocycles. The molecule has 0 saturated carbocycles. The van der Waals surface area contributed by atoms with Crippen molar-refractivity contribution in [3.05, 3.63) is 35.9 Å². The highest BCUT2D eigenvalue weighted by molar-refractivity contribution is 8.24. The molecule has 35 heavy (non-hydrogen) atoms. The third-order valence-electron chi connectivity index (χ3n) is 6.59. The Labute approximate surface area is 221 Å². The lowest BCUT2D eigenvalue weighted by Crippen LogP contribution is -2.67. The maximum atomic E-state index is 13.2. The number of likely N-dealkylation sites (tertiary alicyclic amines) is 1. The lowest BCUT2D eigenvalue weighted by Gasteiger charge is -2.49. The molecule has 1 aliphatic rings. The van der Waals surface area contributed by atoms with Gasteiger partial charge in [0.1, 0.15) is 5.37 Å². The molecule has 0 radical (unpaired) electrons. The summed E-state index contributed by atoms with van der Waals surface area (Å²) in [6.45, 7) is 19.2. The van der Waals surface area contributed by atoms with Crippen molar-refractivity contribution in [3.8, 4) is 0 Å². The third kappa shape index (κ3) is 7.58. The first-order valence-corrected chi connectivity index (χ1v) is 19.8. The Kier molecular flexibility index (Phi) is 9.71. The van der Waals surface area contributed by atoms with Crippen molar-refractivity contribution in [2.75, 3.05) is 6.61 Å². The second kappa shape index (κ2) is 11.4. The number of rotatable bonds is 8. The summed E-state index contributed by atoms with van der Waals surface area (Å²) in [4.78, 5) is 39.8. The third-order valence-corrected chi connectivity index (χ3v) is 14.6. The largest absolute Gasteiger partial charge is 0.459 e. The van der Waals surface area contributed by atoms with E-state index < -0.39 is 51.6 Å². The van der Waals surface area contributed by atoms with Crippen LogP contribution in [0.25, 0.3) is 0 Å². The Hall–Kier alpha value is -1.34. The predicted octanol–water partition coefficient (Wildman–Crippen LogP) is 5.70. The van der Waals surface area contributed by atoms with E-state index in [9.17, 15) is 14.4 Å². The van der Waals surface area contributed by atoms with E-state index >= 15 is 0 Å². The number of amides is 2. The summed E-state index contributed by atoms with van der Waals surface area (Å²) >= 11 is 6.88. The maximum Gasteiger partial charge on any atom is 0.397 e. The summed E-state index contributed by atoms with van der Waals surface area (Å²) in [5.74, 6) is -2.94. The fraction of sp³-hybridized carbons (Fsp3) is 0.600. The van der Waals surface area contributed by atoms with Crippen molar-refractivity contribution in [3.63, 3.8) is 0 Å². The van der Waals surface area contributed by atoms with Crippen molar-refractivity contribution in [1.82, 2.24) is 4.90 Å². The number of β-lactam (4-membered cyclic amide) rings is 1. The van der Waals surface area contributed by atoms with E-state index in [1.807, 2.05) is 37.3 Å². The highest BCUT2D eigenvalue weighted by Gasteiger charge is 2.57. The molecule has 6 nitrogen and oxygen atoms in total. The number of benzene rings is 1. The van der Waals surface area contributed by atoms with Crippen LogP contribution in [-0.2, 0) is 23.5 Å². The van der Waals surface area contributed by atoms with Gasteiger partial charge in [0.05, 0.1) is 22.8 Å². The number of thioether (sulfide) groups is 1. The molecule has 0 bridgehead atoms. The van der Waals surface area contributed by atoms with Crippen LogP contribution < -0.4 is 0 Å². The van der Waals surface area contributed by atoms with Crippen LogP contribution in [0.2, 0.25) is 43.8 Å². The normalized spacial score (nSPS) is 19.7. The number of carbonyl (C=O) groups is 3. The zero-order chi connectivity index (χ0) is 26.8. The number of carbonyl (C=O) groups excluding carboxylic acids is 3. The van der Waals surface area contributed by atoms with Crippen molar-refractivity contribution >= 4 is 62.4 Å². The number of thiocarbonyl (C=S) groups is 1. The SMILES string of the molecule is C[C@@H](O[Si](C)(C)C(C)(C)C)[C@H]1C(=O)N(C(=O)C(=O)OCC[Si](C)(C)C)[C@@H]1SC(=S)c1ccccc1. The molecule has 1 aromatic carbocycles. The van der Waals surface area contributed by atoms with Gasteiger partial charge in [-0.1, -0.05) is 94.7 Å². The van der Waals surface area contributed by atoms with Crippen molar-refractivity contribution < 1.29 is 23.5 Å². The van der Waals surface area contributed by atoms with Gasteiger partial charge in [0, 0.05) is 8.07 Å². The molecule has 1 aromatic rings. The van der Waals surface area contributed by atoms with E-state index in [0.717, 1.165) is 16.5 Å². The average Bonchev–Trinajstić information content (AvgIpc) is 2.71. The quantitative estimate of drug-likeness (QED) is 0.134. The van der Waals surface area contributed by atoms with Gasteiger partial charge in [-0.15, -0.1) is 0 Å². The van der Waals surface area contributed by atoms with Crippen LogP contribution in [0.15, 0.2) is 30.3 Å². The molecule has 2 amide bonds. The summed E-state index contributed by atoms with van der Waals surface area (Å²) in [6.07, 6.45) is -0.425. The molecule has 0 N–H and O–H groups in total. The molecule has 0 unspecified atom stereocenters. The Balaban J connectivity index is 2.24. The van der Waals surface area contributed by atoms with Gasteiger partial charge < -0.3 is 9.16 Å². The monoisotopic (exact) mass is 553 g/mol. The Morgan fingerprint density at radius 2 is 1.69 bits per heavy atom. The van der Waals surface area contributed by atoms with Gasteiger partial charge in [0.25, 0.3) is 0 Å². The zero-order valence-corrected chi connectivity index (χ0v) is 26.0. The molecular formula is C25H39NO5S2Si2. The van der Waals surface area contributed by atoms with Crippen molar-refractivity contribution in [1.29, 1.82) is 0 Å². The molecular weight excluding hydrogens is 515 g/mol. The number of nitrogens with zero attached hydrogens (tertiary/aromatic N) is 1. The minimum Gasteiger partial charge on any atom is -0.459 e. The summed E-state index contributed by atoms with van der Waals surface area (Å²) in [7, 11) is -3.60. The first kappa shape index (κ1) is 29.9. The molecule has 1 fully saturated rings. The summed E-state index contributed by atoms with van der Waals surface area (Å²) < 4.78 is 12.3. The van der Waals surface area contributed by atoms with E-state index in [1.165, 1.54) is 11.8 Å². The Morgan fingerprint density at radius 3 is 2.20 bits per heavy atom. The molecule has 1 saturated heterocycles. The van der Waals surface area contributed by atoms with Crippen LogP contribution in [0.1, 0.15) is 33.3 Å². The number of imide groups is 1. The second-order valence-corrected chi connectivity index (χ2v) is 23.9. The predicted molar refractivity (Wildman–Crippen MR) is 152 cm³/mol. The summed E-state index contributed by atoms with van der Waals surface area (Å²) in [6, 6.07) is 10.2. The number of esters is 1. The molecule has 1 heterocycles. The molecule has 0 aliphatic carbocycles. The van der Waals surface area contributed by atoms with Crippen LogP contribution in [0, 0.1) is 5.92 Å². The lowest BCUT2D eigenvalue weighted by molar-refractivity contribution is -0.174. The number of hydrogen-bond donors (Lipinski definition) is 0. The first-order valence-electron chi connectivity index (χ1n) is 11.9. The smallest absolute Gasteiger partial charge is 0.397 e. The van der Waals surface area contributed by atoms with Gasteiger partial charge in [-0.3, -0.25) is 14.5 Å². The molecule has 2 rings (SSSR count). The summed E-state index contributed by atoms with van der Waals surface area (Å²) in [5.41, 5.74) is 0.827. The van der Waals surface area contributed by atoms with Gasteiger partial charge in [0.2, 0.25) is 5.91 Å². The number of ether oxygens (including phenoxy) is 1. The van der Waals surface area contributed by atoms with E-state index in [1.54, 1.807) is 0 Å². The highest BCUT2D eigenvalue weighted by Crippen LogP contribution is 2.44. The highest BCUT2D eigenvalue weighted by atomic mass is 32.2. The van der Waals surface area contributed by atoms with Gasteiger partial charge in [-0.2, -0.15) is 0 Å². The van der Waals surface area contributed by atoms with Crippen LogP contribution in [0.5, 0.6) is 0 Å². The van der Waals surface area contributed by atoms with Gasteiger partial charge in [-0.25, -0.2) is 4.79 Å². The first-order chi connectivity index (χ1) is 16.0. The molecule has 10 heteroatoms. The fourth-order valence-electron chi connectivity index (χ4n) is 3.34. The van der Waals surface area contributed by atoms with Gasteiger partial charge >= 0.3 is 11.9 Å². The maximum absolute atomic E-state index is 13.2. The zero-order valence-electron chi connectivity index (χ0n) is 22.3. The Morgan fingerprint density at radius 1 is 1.11 bits per heavy atom. The molecule has 194 valence electrons. The molecule has 3 atom stereocenters. The average molecular weight is 554 g/mol. The molecule has 0 spiro atoms. The van der Waals surface area contributed by atoms with Gasteiger partial charge in [0.15, 0.2) is 8.32 Å². The van der Waals surface area contributed by atoms with Crippen LogP contribution in [-0.4, -0.2) is 61.4 Å². The van der Waals surface area contributed by atoms with E-state index in [-0.39, 0.29) is 11.6 Å². The Bertz CT molecular complexity index is 957. The van der Waals surface area contributed by atoms with Crippen molar-refractivity contribution in [2.24, 2.45) is 5.92 Å². The van der Waals surface area contributed by atoms with E-state index in [2.05, 4.69) is 53.5 Å².